The molecule has 1 aromatic heterocycles. The number of hydrogen-bond donors (Lipinski definition) is 1. The number of nitrogens with zero attached hydrogens (tertiary/aromatic N) is 3. The molecule has 66 valence electrons. The smallest absolute Gasteiger partial charge is 0.114 e. The van der Waals surface area contributed by atoms with Gasteiger partial charge >= 0.3 is 0 Å². The molecule has 0 saturated carbocycles. The third-order valence-corrected chi connectivity index (χ3v) is 2.13. The van der Waals surface area contributed by atoms with E-state index in [4.69, 9.17) is 0 Å². The normalized spacial score (nSPS) is 19.2. The molecule has 2 heterocycles. The Balaban J connectivity index is 2.02. The number of hydrogen-bond acceptors (Lipinski definition) is 3. The maximum atomic E-state index is 4.03. The zero-order valence-electron chi connectivity index (χ0n) is 7.11. The fraction of sp³-hybridized carbons (Fsp3) is 0.625. The molecule has 1 fully saturated rings. The largest absolute Gasteiger partial charge is 0.315 e. The second-order valence-corrected chi connectivity index (χ2v) is 3.00. The van der Waals surface area contributed by atoms with Gasteiger partial charge in [0.2, 0.25) is 0 Å². The van der Waals surface area contributed by atoms with Crippen LogP contribution >= 0.6 is 0 Å². The van der Waals surface area contributed by atoms with Gasteiger partial charge in [-0.25, -0.2) is 4.98 Å². The molecule has 4 heteroatoms. The van der Waals surface area contributed by atoms with E-state index in [-0.39, 0.29) is 0 Å². The van der Waals surface area contributed by atoms with Crippen molar-refractivity contribution in [1.29, 1.82) is 0 Å². The molecule has 0 spiro atoms. The summed E-state index contributed by atoms with van der Waals surface area (Å²) >= 11 is 0. The zero-order chi connectivity index (χ0) is 8.23. The van der Waals surface area contributed by atoms with Crippen molar-refractivity contribution in [3.8, 4) is 0 Å². The van der Waals surface area contributed by atoms with Gasteiger partial charge in [0.1, 0.15) is 6.33 Å². The highest BCUT2D eigenvalue weighted by molar-refractivity contribution is 4.91. The van der Waals surface area contributed by atoms with E-state index in [1.807, 2.05) is 18.7 Å². The standard InChI is InChI=1S/C8H14N4/c1-2-9-3-6-11(5-1)12-7-4-10-8-12/h4,7-9H,1-3,5-6H2. The van der Waals surface area contributed by atoms with Gasteiger partial charge in [-0.3, -0.25) is 4.68 Å². The Bertz CT molecular complexity index is 211. The van der Waals surface area contributed by atoms with E-state index in [0.717, 1.165) is 26.2 Å². The molecule has 1 aliphatic heterocycles. The predicted molar refractivity (Wildman–Crippen MR) is 47.7 cm³/mol. The van der Waals surface area contributed by atoms with Gasteiger partial charge in [-0.15, -0.1) is 0 Å². The summed E-state index contributed by atoms with van der Waals surface area (Å²) in [6, 6.07) is 0. The van der Waals surface area contributed by atoms with E-state index in [0.29, 0.717) is 0 Å². The first-order chi connectivity index (χ1) is 5.97. The Morgan fingerprint density at radius 1 is 1.25 bits per heavy atom. The molecule has 0 unspecified atom stereocenters. The SMILES string of the molecule is c1cn(N2CCCNCC2)cn1. The maximum Gasteiger partial charge on any atom is 0.114 e. The van der Waals surface area contributed by atoms with E-state index >= 15 is 0 Å². The molecule has 0 aliphatic carbocycles. The van der Waals surface area contributed by atoms with Gasteiger partial charge in [0, 0.05) is 32.0 Å². The lowest BCUT2D eigenvalue weighted by Gasteiger charge is -2.22. The summed E-state index contributed by atoms with van der Waals surface area (Å²) < 4.78 is 2.06. The highest BCUT2D eigenvalue weighted by Gasteiger charge is 2.07. The van der Waals surface area contributed by atoms with Crippen LogP contribution in [0.3, 0.4) is 0 Å². The fourth-order valence-corrected chi connectivity index (χ4v) is 1.48. The first kappa shape index (κ1) is 7.61. The number of rotatable bonds is 1. The minimum absolute atomic E-state index is 1.07. The highest BCUT2D eigenvalue weighted by Crippen LogP contribution is 1.95. The van der Waals surface area contributed by atoms with Crippen LogP contribution in [-0.2, 0) is 0 Å². The molecule has 4 nitrogen and oxygen atoms in total. The highest BCUT2D eigenvalue weighted by atomic mass is 15.5. The first-order valence-corrected chi connectivity index (χ1v) is 4.41. The van der Waals surface area contributed by atoms with Crippen LogP contribution in [0.4, 0.5) is 0 Å². The molecule has 0 amide bonds. The number of nitrogens with one attached hydrogen (secondary N) is 1. The van der Waals surface area contributed by atoms with Crippen LogP contribution in [0.25, 0.3) is 0 Å². The van der Waals surface area contributed by atoms with Crippen LogP contribution in [0.2, 0.25) is 0 Å². The lowest BCUT2D eigenvalue weighted by molar-refractivity contribution is 0.600. The van der Waals surface area contributed by atoms with Gasteiger partial charge in [0.05, 0.1) is 0 Å². The monoisotopic (exact) mass is 166 g/mol. The average molecular weight is 166 g/mol. The van der Waals surface area contributed by atoms with E-state index in [1.54, 1.807) is 0 Å². The Labute approximate surface area is 72.2 Å². The molecule has 1 aliphatic rings. The Morgan fingerprint density at radius 3 is 3.08 bits per heavy atom. The molecule has 1 N–H and O–H groups in total. The molecule has 0 bridgehead atoms. The molecule has 2 rings (SSSR count). The van der Waals surface area contributed by atoms with E-state index in [2.05, 4.69) is 20.0 Å². The summed E-state index contributed by atoms with van der Waals surface area (Å²) in [5, 5.41) is 5.66. The summed E-state index contributed by atoms with van der Waals surface area (Å²) in [4.78, 5) is 4.03. The van der Waals surface area contributed by atoms with Crippen molar-refractivity contribution in [2.75, 3.05) is 31.2 Å². The van der Waals surface area contributed by atoms with Gasteiger partial charge in [-0.05, 0) is 13.0 Å². The van der Waals surface area contributed by atoms with Crippen LogP contribution in [0, 0.1) is 0 Å². The number of aromatic nitrogens is 2. The summed E-state index contributed by atoms with van der Waals surface area (Å²) in [5.74, 6) is 0. The Morgan fingerprint density at radius 2 is 2.25 bits per heavy atom. The minimum atomic E-state index is 1.07. The first-order valence-electron chi connectivity index (χ1n) is 4.41. The van der Waals surface area contributed by atoms with Crippen LogP contribution < -0.4 is 10.3 Å². The molecule has 0 atom stereocenters. The summed E-state index contributed by atoms with van der Waals surface area (Å²) in [6.45, 7) is 4.38. The third-order valence-electron chi connectivity index (χ3n) is 2.13. The molecule has 0 aromatic carbocycles. The molecule has 0 radical (unpaired) electrons. The number of imidazole rings is 1. The second-order valence-electron chi connectivity index (χ2n) is 3.00. The topological polar surface area (TPSA) is 33.1 Å². The molecule has 12 heavy (non-hydrogen) atoms. The van der Waals surface area contributed by atoms with Crippen molar-refractivity contribution >= 4 is 0 Å². The lowest BCUT2D eigenvalue weighted by atomic mass is 10.4. The quantitative estimate of drug-likeness (QED) is 0.628. The van der Waals surface area contributed by atoms with Crippen molar-refractivity contribution < 1.29 is 0 Å². The Kier molecular flexibility index (Phi) is 2.27. The van der Waals surface area contributed by atoms with Crippen molar-refractivity contribution in [3.05, 3.63) is 18.7 Å². The molecular weight excluding hydrogens is 152 g/mol. The van der Waals surface area contributed by atoms with Crippen LogP contribution in [0.15, 0.2) is 18.7 Å². The van der Waals surface area contributed by atoms with Gasteiger partial charge in [-0.1, -0.05) is 0 Å². The van der Waals surface area contributed by atoms with E-state index in [1.165, 1.54) is 6.42 Å². The molecule has 1 saturated heterocycles. The summed E-state index contributed by atoms with van der Waals surface area (Å²) in [7, 11) is 0. The minimum Gasteiger partial charge on any atom is -0.315 e. The van der Waals surface area contributed by atoms with Crippen molar-refractivity contribution in [2.45, 2.75) is 6.42 Å². The van der Waals surface area contributed by atoms with Crippen molar-refractivity contribution in [2.24, 2.45) is 0 Å². The second kappa shape index (κ2) is 3.58. The fourth-order valence-electron chi connectivity index (χ4n) is 1.48. The van der Waals surface area contributed by atoms with Crippen LogP contribution in [-0.4, -0.2) is 35.8 Å². The van der Waals surface area contributed by atoms with Crippen molar-refractivity contribution in [3.63, 3.8) is 0 Å². The Hall–Kier alpha value is -1.03. The lowest BCUT2D eigenvalue weighted by Crippen LogP contribution is -2.36. The van der Waals surface area contributed by atoms with Gasteiger partial charge in [0.25, 0.3) is 0 Å². The summed E-state index contributed by atoms with van der Waals surface area (Å²) in [6.07, 6.45) is 6.87. The van der Waals surface area contributed by atoms with E-state index < -0.39 is 0 Å². The van der Waals surface area contributed by atoms with Gasteiger partial charge in [-0.2, -0.15) is 0 Å². The van der Waals surface area contributed by atoms with Crippen LogP contribution in [0.1, 0.15) is 6.42 Å². The van der Waals surface area contributed by atoms with Crippen molar-refractivity contribution in [1.82, 2.24) is 15.0 Å². The zero-order valence-corrected chi connectivity index (χ0v) is 7.11. The predicted octanol–water partition coefficient (Wildman–Crippen LogP) is -0.186. The van der Waals surface area contributed by atoms with E-state index in [9.17, 15) is 0 Å². The molecular formula is C8H14N4. The van der Waals surface area contributed by atoms with Gasteiger partial charge < -0.3 is 10.3 Å². The van der Waals surface area contributed by atoms with Gasteiger partial charge in [0.15, 0.2) is 0 Å². The maximum absolute atomic E-state index is 4.03. The average Bonchev–Trinajstić information content (AvgIpc) is 2.48. The van der Waals surface area contributed by atoms with Crippen LogP contribution in [0.5, 0.6) is 0 Å². The third kappa shape index (κ3) is 1.58. The summed E-state index contributed by atoms with van der Waals surface area (Å²) in [5.41, 5.74) is 0. The molecule has 1 aromatic rings.